The fourth-order valence-electron chi connectivity index (χ4n) is 2.71. The van der Waals surface area contributed by atoms with Crippen molar-refractivity contribution in [3.8, 4) is 0 Å². The average Bonchev–Trinajstić information content (AvgIpc) is 2.55. The predicted molar refractivity (Wildman–Crippen MR) is 91.2 cm³/mol. The summed E-state index contributed by atoms with van der Waals surface area (Å²) < 4.78 is 0. The third-order valence-electron chi connectivity index (χ3n) is 4.01. The zero-order valence-electron chi connectivity index (χ0n) is 12.8. The van der Waals surface area contributed by atoms with Gasteiger partial charge in [-0.1, -0.05) is 19.2 Å². The van der Waals surface area contributed by atoms with E-state index in [1.54, 1.807) is 18.3 Å². The number of pyridine rings is 1. The van der Waals surface area contributed by atoms with Gasteiger partial charge in [-0.3, -0.25) is 9.78 Å². The van der Waals surface area contributed by atoms with Gasteiger partial charge in [-0.15, -0.1) is 0 Å². The number of carbonyl (C=O) groups is 1. The van der Waals surface area contributed by atoms with Gasteiger partial charge in [-0.05, 0) is 50.4 Å². The largest absolute Gasteiger partial charge is 0.323 e. The second kappa shape index (κ2) is 7.87. The lowest BCUT2D eigenvalue weighted by Crippen LogP contribution is -2.39. The fourth-order valence-corrected chi connectivity index (χ4v) is 2.71. The first-order valence-corrected chi connectivity index (χ1v) is 7.66. The standard InChI is InChI=1S/C17H24N4O/c1-3-13-10-14(11-20-16(13)4-2)21-17(22)15(18)9-12-5-7-19-8-6-12/h3-4,10-12,15,19H,1-2,5-9,18H2,(H,21,22)/t15-/m0/s1. The van der Waals surface area contributed by atoms with Crippen LogP contribution in [0.1, 0.15) is 30.5 Å². The number of hydrogen-bond acceptors (Lipinski definition) is 4. The van der Waals surface area contributed by atoms with Gasteiger partial charge in [-0.2, -0.15) is 0 Å². The summed E-state index contributed by atoms with van der Waals surface area (Å²) in [5, 5.41) is 6.15. The van der Waals surface area contributed by atoms with Crippen molar-refractivity contribution in [2.75, 3.05) is 18.4 Å². The van der Waals surface area contributed by atoms with Crippen LogP contribution < -0.4 is 16.4 Å². The highest BCUT2D eigenvalue weighted by molar-refractivity contribution is 5.94. The van der Waals surface area contributed by atoms with Crippen LogP contribution in [0.25, 0.3) is 12.2 Å². The molecule has 0 radical (unpaired) electrons. The summed E-state index contributed by atoms with van der Waals surface area (Å²) in [6.07, 6.45) is 7.84. The van der Waals surface area contributed by atoms with Gasteiger partial charge < -0.3 is 16.4 Å². The van der Waals surface area contributed by atoms with Gasteiger partial charge in [0.2, 0.25) is 5.91 Å². The van der Waals surface area contributed by atoms with Gasteiger partial charge in [0.15, 0.2) is 0 Å². The number of amides is 1. The van der Waals surface area contributed by atoms with Gasteiger partial charge in [0.1, 0.15) is 0 Å². The highest BCUT2D eigenvalue weighted by Gasteiger charge is 2.21. The van der Waals surface area contributed by atoms with E-state index in [1.165, 1.54) is 0 Å². The Morgan fingerprint density at radius 1 is 1.45 bits per heavy atom. The third-order valence-corrected chi connectivity index (χ3v) is 4.01. The second-order valence-electron chi connectivity index (χ2n) is 5.63. The Bertz CT molecular complexity index is 550. The minimum atomic E-state index is -0.491. The minimum Gasteiger partial charge on any atom is -0.323 e. The van der Waals surface area contributed by atoms with Crippen LogP contribution >= 0.6 is 0 Å². The van der Waals surface area contributed by atoms with E-state index in [2.05, 4.69) is 28.8 Å². The van der Waals surface area contributed by atoms with Gasteiger partial charge in [0.05, 0.1) is 23.6 Å². The van der Waals surface area contributed by atoms with Crippen molar-refractivity contribution in [1.29, 1.82) is 0 Å². The molecule has 1 aromatic rings. The lowest BCUT2D eigenvalue weighted by molar-refractivity contribution is -0.117. The summed E-state index contributed by atoms with van der Waals surface area (Å²) in [5.41, 5.74) is 8.24. The first kappa shape index (κ1) is 16.4. The number of piperidine rings is 1. The molecule has 5 nitrogen and oxygen atoms in total. The van der Waals surface area contributed by atoms with E-state index in [9.17, 15) is 4.79 Å². The monoisotopic (exact) mass is 300 g/mol. The van der Waals surface area contributed by atoms with Crippen molar-refractivity contribution in [1.82, 2.24) is 10.3 Å². The Labute approximate surface area is 131 Å². The maximum atomic E-state index is 12.2. The number of carbonyl (C=O) groups excluding carboxylic acids is 1. The average molecular weight is 300 g/mol. The Kier molecular flexibility index (Phi) is 5.86. The fraction of sp³-hybridized carbons (Fsp3) is 0.412. The van der Waals surface area contributed by atoms with Crippen molar-refractivity contribution in [2.45, 2.75) is 25.3 Å². The summed E-state index contributed by atoms with van der Waals surface area (Å²) >= 11 is 0. The summed E-state index contributed by atoms with van der Waals surface area (Å²) in [4.78, 5) is 16.5. The number of rotatable bonds is 6. The molecule has 118 valence electrons. The minimum absolute atomic E-state index is 0.165. The van der Waals surface area contributed by atoms with E-state index in [1.807, 2.05) is 6.07 Å². The molecule has 0 spiro atoms. The van der Waals surface area contributed by atoms with Crippen molar-refractivity contribution >= 4 is 23.7 Å². The Balaban J connectivity index is 1.95. The Hall–Kier alpha value is -1.98. The molecule has 2 heterocycles. The number of nitrogens with one attached hydrogen (secondary N) is 2. The lowest BCUT2D eigenvalue weighted by Gasteiger charge is -2.24. The number of hydrogen-bond donors (Lipinski definition) is 3. The molecule has 4 N–H and O–H groups in total. The second-order valence-corrected chi connectivity index (χ2v) is 5.63. The molecule has 1 amide bonds. The topological polar surface area (TPSA) is 80.0 Å². The maximum Gasteiger partial charge on any atom is 0.241 e. The molecule has 0 aliphatic carbocycles. The number of aromatic nitrogens is 1. The molecule has 5 heteroatoms. The highest BCUT2D eigenvalue weighted by atomic mass is 16.2. The highest BCUT2D eigenvalue weighted by Crippen LogP contribution is 2.19. The maximum absolute atomic E-state index is 12.2. The molecule has 1 aliphatic heterocycles. The van der Waals surface area contributed by atoms with Crippen molar-refractivity contribution in [2.24, 2.45) is 11.7 Å². The van der Waals surface area contributed by atoms with Crippen molar-refractivity contribution in [3.63, 3.8) is 0 Å². The number of nitrogens with two attached hydrogens (primary N) is 1. The molecule has 1 fully saturated rings. The van der Waals surface area contributed by atoms with Crippen LogP contribution in [0.2, 0.25) is 0 Å². The Morgan fingerprint density at radius 3 is 2.82 bits per heavy atom. The molecule has 1 aromatic heterocycles. The molecule has 0 aromatic carbocycles. The lowest BCUT2D eigenvalue weighted by atomic mass is 9.91. The van der Waals surface area contributed by atoms with Crippen LogP contribution in [0.15, 0.2) is 25.4 Å². The van der Waals surface area contributed by atoms with E-state index >= 15 is 0 Å². The van der Waals surface area contributed by atoms with E-state index in [0.717, 1.165) is 43.6 Å². The normalized spacial score (nSPS) is 16.8. The van der Waals surface area contributed by atoms with Gasteiger partial charge in [0, 0.05) is 5.56 Å². The zero-order valence-corrected chi connectivity index (χ0v) is 12.8. The van der Waals surface area contributed by atoms with Gasteiger partial charge >= 0.3 is 0 Å². The molecule has 0 saturated carbocycles. The van der Waals surface area contributed by atoms with Crippen molar-refractivity contribution < 1.29 is 4.79 Å². The van der Waals surface area contributed by atoms with Gasteiger partial charge in [0.25, 0.3) is 0 Å². The molecule has 1 saturated heterocycles. The molecule has 22 heavy (non-hydrogen) atoms. The first-order chi connectivity index (χ1) is 10.6. The quantitative estimate of drug-likeness (QED) is 0.751. The van der Waals surface area contributed by atoms with Crippen LogP contribution in [0.3, 0.4) is 0 Å². The van der Waals surface area contributed by atoms with E-state index < -0.39 is 6.04 Å². The van der Waals surface area contributed by atoms with Crippen LogP contribution in [0.4, 0.5) is 5.69 Å². The molecule has 1 aliphatic rings. The summed E-state index contributed by atoms with van der Waals surface area (Å²) in [6, 6.07) is 1.33. The molecule has 1 atom stereocenters. The van der Waals surface area contributed by atoms with Crippen LogP contribution in [0.5, 0.6) is 0 Å². The van der Waals surface area contributed by atoms with Crippen LogP contribution in [-0.4, -0.2) is 30.0 Å². The Morgan fingerprint density at radius 2 is 2.18 bits per heavy atom. The van der Waals surface area contributed by atoms with E-state index in [0.29, 0.717) is 11.6 Å². The zero-order chi connectivity index (χ0) is 15.9. The molecule has 2 rings (SSSR count). The third kappa shape index (κ3) is 4.26. The SMILES string of the molecule is C=Cc1cc(NC(=O)[C@@H](N)CC2CCNCC2)cnc1C=C. The number of nitrogens with zero attached hydrogens (tertiary/aromatic N) is 1. The number of anilines is 1. The molecular formula is C17H24N4O. The first-order valence-electron chi connectivity index (χ1n) is 7.66. The van der Waals surface area contributed by atoms with Crippen LogP contribution in [-0.2, 0) is 4.79 Å². The van der Waals surface area contributed by atoms with E-state index in [-0.39, 0.29) is 5.91 Å². The van der Waals surface area contributed by atoms with Crippen LogP contribution in [0, 0.1) is 5.92 Å². The summed E-state index contributed by atoms with van der Waals surface area (Å²) in [5.74, 6) is 0.355. The smallest absolute Gasteiger partial charge is 0.241 e. The van der Waals surface area contributed by atoms with E-state index in [4.69, 9.17) is 5.73 Å². The molecule has 0 unspecified atom stereocenters. The van der Waals surface area contributed by atoms with Crippen molar-refractivity contribution in [3.05, 3.63) is 36.7 Å². The molecular weight excluding hydrogens is 276 g/mol. The summed E-state index contributed by atoms with van der Waals surface area (Å²) in [6.45, 7) is 9.46. The van der Waals surface area contributed by atoms with Gasteiger partial charge in [-0.25, -0.2) is 0 Å². The molecule has 0 bridgehead atoms. The summed E-state index contributed by atoms with van der Waals surface area (Å²) in [7, 11) is 0. The predicted octanol–water partition coefficient (Wildman–Crippen LogP) is 2.02.